The number of thiol groups is 1. The summed E-state index contributed by atoms with van der Waals surface area (Å²) < 4.78 is 30.5. The molecule has 1 heterocycles. The molecule has 0 bridgehead atoms. The minimum absolute atomic E-state index is 0.0191. The van der Waals surface area contributed by atoms with Crippen molar-refractivity contribution in [1.82, 2.24) is 14.9 Å². The third kappa shape index (κ3) is 4.07. The SMILES string of the molecule is CC(C)Oc1ccc(-c2nnc(-c3cccc4c3CCC4N[SH](=O)=O)s2)cc1C#N. The molecule has 0 aliphatic heterocycles. The number of ether oxygens (including phenoxy) is 1. The molecule has 30 heavy (non-hydrogen) atoms. The Balaban J connectivity index is 1.66. The first kappa shape index (κ1) is 20.5. The van der Waals surface area contributed by atoms with Crippen LogP contribution in [0.3, 0.4) is 0 Å². The van der Waals surface area contributed by atoms with Gasteiger partial charge >= 0.3 is 0 Å². The van der Waals surface area contributed by atoms with E-state index in [1.54, 1.807) is 12.1 Å². The van der Waals surface area contributed by atoms with Crippen LogP contribution in [0.5, 0.6) is 5.75 Å². The molecule has 3 aromatic rings. The molecule has 9 heteroatoms. The van der Waals surface area contributed by atoms with E-state index >= 15 is 0 Å². The molecule has 4 rings (SSSR count). The molecule has 7 nitrogen and oxygen atoms in total. The number of nitrogens with one attached hydrogen (secondary N) is 1. The van der Waals surface area contributed by atoms with Gasteiger partial charge in [-0.1, -0.05) is 29.5 Å². The molecule has 1 aliphatic carbocycles. The molecule has 0 amide bonds. The number of benzene rings is 2. The predicted molar refractivity (Wildman–Crippen MR) is 116 cm³/mol. The van der Waals surface area contributed by atoms with Crippen molar-refractivity contribution >= 4 is 22.2 Å². The highest BCUT2D eigenvalue weighted by Gasteiger charge is 2.26. The van der Waals surface area contributed by atoms with E-state index in [-0.39, 0.29) is 12.1 Å². The standard InChI is InChI=1S/C21H20N4O3S2/c1-12(2)28-19-9-6-13(10-14(19)11-22)20-23-24-21(29-20)17-5-3-4-16-15(17)7-8-18(16)25-30(26)27/h3-6,9-10,12,18,30H,7-8H2,1-2H3,(H,25,26,27). The van der Waals surface area contributed by atoms with E-state index in [1.165, 1.54) is 11.3 Å². The van der Waals surface area contributed by atoms with Gasteiger partial charge in [0.15, 0.2) is 0 Å². The number of hydrogen-bond acceptors (Lipinski definition) is 7. The second kappa shape index (κ2) is 8.52. The van der Waals surface area contributed by atoms with Gasteiger partial charge in [0.05, 0.1) is 11.7 Å². The largest absolute Gasteiger partial charge is 0.490 e. The van der Waals surface area contributed by atoms with Crippen LogP contribution in [0.25, 0.3) is 21.1 Å². The average Bonchev–Trinajstić information content (AvgIpc) is 3.35. The topological polar surface area (TPSA) is 105 Å². The molecular weight excluding hydrogens is 420 g/mol. The molecule has 0 saturated heterocycles. The van der Waals surface area contributed by atoms with Gasteiger partial charge < -0.3 is 4.74 Å². The molecule has 0 spiro atoms. The van der Waals surface area contributed by atoms with E-state index in [2.05, 4.69) is 21.0 Å². The van der Waals surface area contributed by atoms with Gasteiger partial charge in [-0.15, -0.1) is 10.2 Å². The zero-order chi connectivity index (χ0) is 21.3. The lowest BCUT2D eigenvalue weighted by Gasteiger charge is -2.11. The highest BCUT2D eigenvalue weighted by atomic mass is 32.2. The predicted octanol–water partition coefficient (Wildman–Crippen LogP) is 3.63. The third-order valence-corrected chi connectivity index (χ3v) is 6.43. The summed E-state index contributed by atoms with van der Waals surface area (Å²) in [4.78, 5) is 0. The van der Waals surface area contributed by atoms with Gasteiger partial charge in [0.25, 0.3) is 0 Å². The summed E-state index contributed by atoms with van der Waals surface area (Å²) in [5.74, 6) is 0.553. The lowest BCUT2D eigenvalue weighted by Crippen LogP contribution is -2.16. The Morgan fingerprint density at radius 3 is 2.77 bits per heavy atom. The van der Waals surface area contributed by atoms with E-state index < -0.39 is 10.9 Å². The van der Waals surface area contributed by atoms with Gasteiger partial charge in [-0.2, -0.15) is 5.26 Å². The van der Waals surface area contributed by atoms with Crippen molar-refractivity contribution in [1.29, 1.82) is 5.26 Å². The van der Waals surface area contributed by atoms with Crippen LogP contribution in [0.2, 0.25) is 0 Å². The van der Waals surface area contributed by atoms with Crippen molar-refractivity contribution in [2.45, 2.75) is 38.8 Å². The third-order valence-electron chi connectivity index (χ3n) is 4.90. The summed E-state index contributed by atoms with van der Waals surface area (Å²) >= 11 is 1.45. The van der Waals surface area contributed by atoms with Gasteiger partial charge in [-0.05, 0) is 56.0 Å². The Morgan fingerprint density at radius 2 is 2.03 bits per heavy atom. The van der Waals surface area contributed by atoms with E-state index in [1.807, 2.05) is 38.1 Å². The lowest BCUT2D eigenvalue weighted by atomic mass is 10.0. The second-order valence-electron chi connectivity index (χ2n) is 7.25. The molecule has 154 valence electrons. The monoisotopic (exact) mass is 440 g/mol. The Morgan fingerprint density at radius 1 is 1.23 bits per heavy atom. The quantitative estimate of drug-likeness (QED) is 0.567. The zero-order valence-electron chi connectivity index (χ0n) is 16.5. The summed E-state index contributed by atoms with van der Waals surface area (Å²) in [6, 6.07) is 13.3. The maximum absolute atomic E-state index is 11.1. The van der Waals surface area contributed by atoms with Crippen LogP contribution in [-0.2, 0) is 17.3 Å². The Kier molecular flexibility index (Phi) is 5.81. The van der Waals surface area contributed by atoms with E-state index in [0.29, 0.717) is 16.3 Å². The van der Waals surface area contributed by atoms with Crippen LogP contribution in [0.1, 0.15) is 43.0 Å². The fourth-order valence-corrected chi connectivity index (χ4v) is 5.09. The maximum Gasteiger partial charge on any atom is 0.201 e. The smallest absolute Gasteiger partial charge is 0.201 e. The van der Waals surface area contributed by atoms with Gasteiger partial charge in [-0.25, -0.2) is 13.1 Å². The molecule has 1 N–H and O–H groups in total. The van der Waals surface area contributed by atoms with E-state index in [9.17, 15) is 13.7 Å². The summed E-state index contributed by atoms with van der Waals surface area (Å²) in [5.41, 5.74) is 4.33. The van der Waals surface area contributed by atoms with Crippen molar-refractivity contribution in [3.05, 3.63) is 53.1 Å². The minimum atomic E-state index is -2.65. The fourth-order valence-electron chi connectivity index (χ4n) is 3.67. The molecule has 0 fully saturated rings. The van der Waals surface area contributed by atoms with Crippen molar-refractivity contribution < 1.29 is 13.2 Å². The molecule has 0 radical (unpaired) electrons. The number of nitriles is 1. The zero-order valence-corrected chi connectivity index (χ0v) is 18.2. The number of hydrogen-bond donors (Lipinski definition) is 2. The summed E-state index contributed by atoms with van der Waals surface area (Å²) in [6.45, 7) is 3.83. The van der Waals surface area contributed by atoms with Crippen molar-refractivity contribution in [3.8, 4) is 33.0 Å². The first-order chi connectivity index (χ1) is 14.5. The summed E-state index contributed by atoms with van der Waals surface area (Å²) in [5, 5.41) is 19.6. The van der Waals surface area contributed by atoms with Crippen LogP contribution in [0, 0.1) is 11.3 Å². The van der Waals surface area contributed by atoms with Crippen molar-refractivity contribution in [2.24, 2.45) is 0 Å². The highest BCUT2D eigenvalue weighted by molar-refractivity contribution is 7.70. The van der Waals surface area contributed by atoms with Crippen LogP contribution in [0.4, 0.5) is 0 Å². The van der Waals surface area contributed by atoms with Gasteiger partial charge in [0, 0.05) is 17.2 Å². The fraction of sp³-hybridized carbons (Fsp3) is 0.286. The van der Waals surface area contributed by atoms with Gasteiger partial charge in [-0.3, -0.25) is 0 Å². The van der Waals surface area contributed by atoms with Crippen LogP contribution in [0.15, 0.2) is 36.4 Å². The molecular formula is C21H20N4O3S2. The van der Waals surface area contributed by atoms with Gasteiger partial charge in [0.2, 0.25) is 10.9 Å². The second-order valence-corrected chi connectivity index (χ2v) is 9.00. The number of rotatable bonds is 6. The Labute approximate surface area is 180 Å². The summed E-state index contributed by atoms with van der Waals surface area (Å²) in [6.07, 6.45) is 1.49. The molecule has 2 aromatic carbocycles. The minimum Gasteiger partial charge on any atom is -0.490 e. The van der Waals surface area contributed by atoms with Crippen LogP contribution >= 0.6 is 11.3 Å². The first-order valence-electron chi connectivity index (χ1n) is 9.53. The first-order valence-corrected chi connectivity index (χ1v) is 11.5. The van der Waals surface area contributed by atoms with Crippen molar-refractivity contribution in [2.75, 3.05) is 0 Å². The van der Waals surface area contributed by atoms with Gasteiger partial charge in [0.1, 0.15) is 21.8 Å². The number of nitrogens with zero attached hydrogens (tertiary/aromatic N) is 3. The normalized spacial score (nSPS) is 15.4. The maximum atomic E-state index is 11.1. The average molecular weight is 441 g/mol. The van der Waals surface area contributed by atoms with Crippen LogP contribution < -0.4 is 9.46 Å². The van der Waals surface area contributed by atoms with Crippen molar-refractivity contribution in [3.63, 3.8) is 0 Å². The Hall–Kier alpha value is -2.80. The highest BCUT2D eigenvalue weighted by Crippen LogP contribution is 2.40. The molecule has 1 unspecified atom stereocenters. The molecule has 0 saturated carbocycles. The molecule has 1 aliphatic rings. The Bertz CT molecular complexity index is 1200. The molecule has 1 atom stereocenters. The van der Waals surface area contributed by atoms with Crippen LogP contribution in [-0.4, -0.2) is 24.7 Å². The summed E-state index contributed by atoms with van der Waals surface area (Å²) in [7, 11) is -2.65. The number of fused-ring (bicyclic) bond motifs is 1. The molecule has 1 aromatic heterocycles. The van der Waals surface area contributed by atoms with E-state index in [0.717, 1.165) is 40.1 Å². The lowest BCUT2D eigenvalue weighted by molar-refractivity contribution is 0.242. The number of aromatic nitrogens is 2. The van der Waals surface area contributed by atoms with E-state index in [4.69, 9.17) is 4.74 Å².